The molecular formula is C21H19NO5S. The quantitative estimate of drug-likeness (QED) is 0.627. The summed E-state index contributed by atoms with van der Waals surface area (Å²) in [4.78, 5) is 11.1. The third-order valence-electron chi connectivity index (χ3n) is 4.10. The zero-order valence-electron chi connectivity index (χ0n) is 15.1. The van der Waals surface area contributed by atoms with Crippen molar-refractivity contribution < 1.29 is 23.1 Å². The normalized spacial score (nSPS) is 11.0. The van der Waals surface area contributed by atoms with Crippen LogP contribution < -0.4 is 9.46 Å². The molecule has 0 fully saturated rings. The van der Waals surface area contributed by atoms with Crippen molar-refractivity contribution in [3.63, 3.8) is 0 Å². The Morgan fingerprint density at radius 2 is 1.68 bits per heavy atom. The second-order valence-electron chi connectivity index (χ2n) is 6.19. The van der Waals surface area contributed by atoms with Crippen LogP contribution in [0.5, 0.6) is 5.75 Å². The van der Waals surface area contributed by atoms with Gasteiger partial charge in [-0.05, 0) is 54.4 Å². The van der Waals surface area contributed by atoms with Gasteiger partial charge in [-0.2, -0.15) is 0 Å². The first-order chi connectivity index (χ1) is 13.3. The van der Waals surface area contributed by atoms with Crippen LogP contribution >= 0.6 is 0 Å². The van der Waals surface area contributed by atoms with Crippen molar-refractivity contribution in [2.75, 3.05) is 4.72 Å². The van der Waals surface area contributed by atoms with E-state index in [9.17, 15) is 18.3 Å². The number of sulfonamides is 1. The van der Waals surface area contributed by atoms with Gasteiger partial charge in [0.25, 0.3) is 10.0 Å². The molecule has 3 aromatic rings. The Morgan fingerprint density at radius 1 is 1.00 bits per heavy atom. The molecule has 0 aromatic heterocycles. The second kappa shape index (κ2) is 8.14. The molecule has 7 heteroatoms. The van der Waals surface area contributed by atoms with E-state index < -0.39 is 16.0 Å². The van der Waals surface area contributed by atoms with E-state index in [1.54, 1.807) is 31.2 Å². The highest BCUT2D eigenvalue weighted by Gasteiger charge is 2.18. The standard InChI is InChI=1S/C21H19NO5S/c1-15-7-12-19(13-20(15)21(23)24)28(25,26)22-17-8-10-18(11-9-17)27-14-16-5-3-2-4-6-16/h2-13,22H,14H2,1H3,(H,23,24). The lowest BCUT2D eigenvalue weighted by molar-refractivity contribution is 0.0696. The van der Waals surface area contributed by atoms with Gasteiger partial charge in [-0.1, -0.05) is 36.4 Å². The minimum atomic E-state index is -3.91. The van der Waals surface area contributed by atoms with Crippen molar-refractivity contribution in [2.45, 2.75) is 18.4 Å². The van der Waals surface area contributed by atoms with E-state index in [1.165, 1.54) is 12.1 Å². The molecule has 0 heterocycles. The van der Waals surface area contributed by atoms with Gasteiger partial charge < -0.3 is 9.84 Å². The fourth-order valence-electron chi connectivity index (χ4n) is 2.57. The molecule has 2 N–H and O–H groups in total. The second-order valence-corrected chi connectivity index (χ2v) is 7.87. The molecule has 0 amide bonds. The summed E-state index contributed by atoms with van der Waals surface area (Å²) < 4.78 is 33.2. The molecule has 3 aromatic carbocycles. The van der Waals surface area contributed by atoms with E-state index in [0.29, 0.717) is 23.6 Å². The molecule has 0 aliphatic carbocycles. The molecule has 144 valence electrons. The highest BCUT2D eigenvalue weighted by atomic mass is 32.2. The lowest BCUT2D eigenvalue weighted by Crippen LogP contribution is -2.14. The van der Waals surface area contributed by atoms with Crippen LogP contribution in [0.15, 0.2) is 77.7 Å². The van der Waals surface area contributed by atoms with Crippen LogP contribution in [0.4, 0.5) is 5.69 Å². The third-order valence-corrected chi connectivity index (χ3v) is 5.48. The largest absolute Gasteiger partial charge is 0.489 e. The Balaban J connectivity index is 1.71. The molecular weight excluding hydrogens is 378 g/mol. The monoisotopic (exact) mass is 397 g/mol. The van der Waals surface area contributed by atoms with Gasteiger partial charge in [0.1, 0.15) is 12.4 Å². The molecule has 0 bridgehead atoms. The summed E-state index contributed by atoms with van der Waals surface area (Å²) in [6.07, 6.45) is 0. The number of benzene rings is 3. The van der Waals surface area contributed by atoms with Crippen molar-refractivity contribution in [2.24, 2.45) is 0 Å². The summed E-state index contributed by atoms with van der Waals surface area (Å²) in [5.41, 5.74) is 1.82. The van der Waals surface area contributed by atoms with Crippen LogP contribution in [0, 0.1) is 6.92 Å². The van der Waals surface area contributed by atoms with Crippen LogP contribution in [0.3, 0.4) is 0 Å². The molecule has 0 unspecified atom stereocenters. The summed E-state index contributed by atoms with van der Waals surface area (Å²) in [5, 5.41) is 9.18. The number of aromatic carboxylic acids is 1. The van der Waals surface area contributed by atoms with Gasteiger partial charge in [-0.15, -0.1) is 0 Å². The maximum atomic E-state index is 12.5. The first kappa shape index (κ1) is 19.4. The van der Waals surface area contributed by atoms with E-state index in [0.717, 1.165) is 11.6 Å². The van der Waals surface area contributed by atoms with Gasteiger partial charge in [0.05, 0.1) is 10.5 Å². The molecule has 0 aliphatic heterocycles. The molecule has 0 radical (unpaired) electrons. The van der Waals surface area contributed by atoms with Crippen LogP contribution in [0.25, 0.3) is 0 Å². The Labute approximate surface area is 163 Å². The van der Waals surface area contributed by atoms with Gasteiger partial charge in [-0.25, -0.2) is 13.2 Å². The Kier molecular flexibility index (Phi) is 5.65. The van der Waals surface area contributed by atoms with E-state index in [1.807, 2.05) is 30.3 Å². The number of carboxylic acid groups (broad SMARTS) is 1. The molecule has 0 saturated heterocycles. The van der Waals surface area contributed by atoms with Crippen molar-refractivity contribution >= 4 is 21.7 Å². The van der Waals surface area contributed by atoms with Gasteiger partial charge in [0, 0.05) is 5.69 Å². The van der Waals surface area contributed by atoms with E-state index in [2.05, 4.69) is 4.72 Å². The predicted octanol–water partition coefficient (Wildman–Crippen LogP) is 4.07. The molecule has 0 atom stereocenters. The van der Waals surface area contributed by atoms with Gasteiger partial charge in [-0.3, -0.25) is 4.72 Å². The van der Waals surface area contributed by atoms with Gasteiger partial charge >= 0.3 is 5.97 Å². The Hall–Kier alpha value is -3.32. The first-order valence-electron chi connectivity index (χ1n) is 8.49. The van der Waals surface area contributed by atoms with Crippen molar-refractivity contribution in [3.05, 3.63) is 89.5 Å². The predicted molar refractivity (Wildman–Crippen MR) is 106 cm³/mol. The van der Waals surface area contributed by atoms with Gasteiger partial charge in [0.2, 0.25) is 0 Å². The zero-order chi connectivity index (χ0) is 20.1. The number of ether oxygens (including phenoxy) is 1. The number of nitrogens with one attached hydrogen (secondary N) is 1. The average Bonchev–Trinajstić information content (AvgIpc) is 2.68. The zero-order valence-corrected chi connectivity index (χ0v) is 15.9. The SMILES string of the molecule is Cc1ccc(S(=O)(=O)Nc2ccc(OCc3ccccc3)cc2)cc1C(=O)O. The average molecular weight is 397 g/mol. The molecule has 0 spiro atoms. The van der Waals surface area contributed by atoms with Crippen molar-refractivity contribution in [1.29, 1.82) is 0 Å². The van der Waals surface area contributed by atoms with Gasteiger partial charge in [0.15, 0.2) is 0 Å². The number of aryl methyl sites for hydroxylation is 1. The number of hydrogen-bond acceptors (Lipinski definition) is 4. The number of carbonyl (C=O) groups is 1. The van der Waals surface area contributed by atoms with Crippen LogP contribution in [0.2, 0.25) is 0 Å². The summed E-state index contributed by atoms with van der Waals surface area (Å²) in [5.74, 6) is -0.565. The van der Waals surface area contributed by atoms with Crippen LogP contribution in [0.1, 0.15) is 21.5 Å². The van der Waals surface area contributed by atoms with E-state index in [4.69, 9.17) is 4.74 Å². The topological polar surface area (TPSA) is 92.7 Å². The smallest absolute Gasteiger partial charge is 0.335 e. The highest BCUT2D eigenvalue weighted by molar-refractivity contribution is 7.92. The Morgan fingerprint density at radius 3 is 2.32 bits per heavy atom. The van der Waals surface area contributed by atoms with E-state index in [-0.39, 0.29) is 10.5 Å². The fourth-order valence-corrected chi connectivity index (χ4v) is 3.66. The summed E-state index contributed by atoms with van der Waals surface area (Å²) in [6, 6.07) is 20.2. The third kappa shape index (κ3) is 4.69. The van der Waals surface area contributed by atoms with Crippen molar-refractivity contribution in [3.8, 4) is 5.75 Å². The van der Waals surface area contributed by atoms with E-state index >= 15 is 0 Å². The van der Waals surface area contributed by atoms with Crippen molar-refractivity contribution in [1.82, 2.24) is 0 Å². The Bertz CT molecular complexity index is 1080. The molecule has 0 aliphatic rings. The summed E-state index contributed by atoms with van der Waals surface area (Å²) in [6.45, 7) is 2.02. The fraction of sp³-hybridized carbons (Fsp3) is 0.0952. The minimum absolute atomic E-state index is 0.0486. The molecule has 0 saturated carbocycles. The maximum absolute atomic E-state index is 12.5. The maximum Gasteiger partial charge on any atom is 0.335 e. The number of anilines is 1. The molecule has 3 rings (SSSR count). The number of rotatable bonds is 7. The first-order valence-corrected chi connectivity index (χ1v) is 9.97. The lowest BCUT2D eigenvalue weighted by atomic mass is 10.1. The highest BCUT2D eigenvalue weighted by Crippen LogP contribution is 2.22. The summed E-state index contributed by atoms with van der Waals surface area (Å²) >= 11 is 0. The lowest BCUT2D eigenvalue weighted by Gasteiger charge is -2.11. The minimum Gasteiger partial charge on any atom is -0.489 e. The number of hydrogen-bond donors (Lipinski definition) is 2. The molecule has 6 nitrogen and oxygen atoms in total. The number of carboxylic acids is 1. The summed E-state index contributed by atoms with van der Waals surface area (Å²) in [7, 11) is -3.91. The van der Waals surface area contributed by atoms with Crippen LogP contribution in [-0.4, -0.2) is 19.5 Å². The molecule has 28 heavy (non-hydrogen) atoms. The van der Waals surface area contributed by atoms with Crippen LogP contribution in [-0.2, 0) is 16.6 Å².